The van der Waals surface area contributed by atoms with Crippen molar-refractivity contribution in [2.45, 2.75) is 18.8 Å². The fourth-order valence-electron chi connectivity index (χ4n) is 3.25. The Kier molecular flexibility index (Phi) is 5.00. The van der Waals surface area contributed by atoms with Crippen molar-refractivity contribution in [3.8, 4) is 11.6 Å². The quantitative estimate of drug-likeness (QED) is 0.710. The Morgan fingerprint density at radius 3 is 2.67 bits per heavy atom. The van der Waals surface area contributed by atoms with Crippen molar-refractivity contribution in [3.05, 3.63) is 72.7 Å². The number of hydrogen-bond acceptors (Lipinski definition) is 6. The van der Waals surface area contributed by atoms with Crippen LogP contribution in [-0.2, 0) is 0 Å². The second kappa shape index (κ2) is 7.90. The molecule has 7 heteroatoms. The molecule has 0 saturated carbocycles. The summed E-state index contributed by atoms with van der Waals surface area (Å²) in [5.41, 5.74) is 1.14. The number of carbonyl (C=O) groups excluding carboxylic acids is 1. The summed E-state index contributed by atoms with van der Waals surface area (Å²) in [5, 5.41) is 0. The number of amides is 1. The zero-order valence-electron chi connectivity index (χ0n) is 14.7. The summed E-state index contributed by atoms with van der Waals surface area (Å²) in [5.74, 6) is 1.15. The maximum absolute atomic E-state index is 12.7. The molecule has 0 radical (unpaired) electrons. The lowest BCUT2D eigenvalue weighted by molar-refractivity contribution is 0.0698. The van der Waals surface area contributed by atoms with E-state index in [2.05, 4.69) is 19.9 Å². The largest absolute Gasteiger partial charge is 0.437 e. The standard InChI is InChI=1S/C20H19N5O2/c26-20(17-13-21-8-9-22-17)25-12-4-5-15(14-25)18-19(24-11-10-23-18)27-16-6-2-1-3-7-16/h1-3,6-11,13,15H,4-5,12,14H2. The minimum absolute atomic E-state index is 0.0618. The summed E-state index contributed by atoms with van der Waals surface area (Å²) < 4.78 is 5.94. The van der Waals surface area contributed by atoms with Crippen molar-refractivity contribution >= 4 is 5.91 Å². The topological polar surface area (TPSA) is 81.1 Å². The molecule has 1 aliphatic rings. The number of ether oxygens (including phenoxy) is 1. The average Bonchev–Trinajstić information content (AvgIpc) is 2.75. The number of benzene rings is 1. The van der Waals surface area contributed by atoms with E-state index >= 15 is 0 Å². The lowest BCUT2D eigenvalue weighted by Gasteiger charge is -2.32. The molecule has 1 atom stereocenters. The highest BCUT2D eigenvalue weighted by Crippen LogP contribution is 2.32. The molecule has 0 aliphatic carbocycles. The average molecular weight is 361 g/mol. The number of carbonyl (C=O) groups is 1. The van der Waals surface area contributed by atoms with Crippen molar-refractivity contribution < 1.29 is 9.53 Å². The summed E-state index contributed by atoms with van der Waals surface area (Å²) in [4.78, 5) is 31.5. The Labute approximate surface area is 157 Å². The van der Waals surface area contributed by atoms with E-state index in [1.165, 1.54) is 12.4 Å². The zero-order chi connectivity index (χ0) is 18.5. The van der Waals surface area contributed by atoms with Crippen molar-refractivity contribution in [2.24, 2.45) is 0 Å². The van der Waals surface area contributed by atoms with E-state index in [1.54, 1.807) is 23.5 Å². The van der Waals surface area contributed by atoms with Gasteiger partial charge >= 0.3 is 0 Å². The molecule has 1 fully saturated rings. The fraction of sp³-hybridized carbons (Fsp3) is 0.250. The van der Waals surface area contributed by atoms with Gasteiger partial charge in [-0.2, -0.15) is 0 Å². The van der Waals surface area contributed by atoms with Gasteiger partial charge in [0.05, 0.1) is 6.20 Å². The normalized spacial score (nSPS) is 16.7. The summed E-state index contributed by atoms with van der Waals surface area (Å²) in [6, 6.07) is 9.51. The van der Waals surface area contributed by atoms with Crippen LogP contribution in [-0.4, -0.2) is 43.8 Å². The Morgan fingerprint density at radius 2 is 1.85 bits per heavy atom. The monoisotopic (exact) mass is 361 g/mol. The first-order chi connectivity index (χ1) is 13.3. The molecule has 136 valence electrons. The molecule has 1 unspecified atom stereocenters. The van der Waals surface area contributed by atoms with Crippen molar-refractivity contribution in [1.82, 2.24) is 24.8 Å². The lowest BCUT2D eigenvalue weighted by Crippen LogP contribution is -2.39. The highest BCUT2D eigenvalue weighted by Gasteiger charge is 2.29. The van der Waals surface area contributed by atoms with Crippen LogP contribution in [0.25, 0.3) is 0 Å². The van der Waals surface area contributed by atoms with E-state index < -0.39 is 0 Å². The second-order valence-corrected chi connectivity index (χ2v) is 6.34. The third kappa shape index (κ3) is 3.92. The maximum Gasteiger partial charge on any atom is 0.274 e. The molecule has 1 amide bonds. The second-order valence-electron chi connectivity index (χ2n) is 6.34. The van der Waals surface area contributed by atoms with Crippen LogP contribution in [0.2, 0.25) is 0 Å². The molecule has 0 bridgehead atoms. The third-order valence-electron chi connectivity index (χ3n) is 4.53. The van der Waals surface area contributed by atoms with Crippen LogP contribution in [0.5, 0.6) is 11.6 Å². The molecule has 3 aromatic rings. The van der Waals surface area contributed by atoms with Gasteiger partial charge in [-0.05, 0) is 25.0 Å². The Hall–Kier alpha value is -3.35. The number of piperidine rings is 1. The molecule has 2 aromatic heterocycles. The molecule has 1 saturated heterocycles. The Morgan fingerprint density at radius 1 is 1.04 bits per heavy atom. The van der Waals surface area contributed by atoms with Gasteiger partial charge in [0, 0.05) is 43.8 Å². The van der Waals surface area contributed by atoms with Gasteiger partial charge in [0.2, 0.25) is 5.88 Å². The Bertz CT molecular complexity index is 905. The van der Waals surface area contributed by atoms with E-state index in [0.717, 1.165) is 18.5 Å². The van der Waals surface area contributed by atoms with E-state index in [0.29, 0.717) is 30.4 Å². The number of likely N-dealkylation sites (tertiary alicyclic amines) is 1. The van der Waals surface area contributed by atoms with Crippen molar-refractivity contribution in [2.75, 3.05) is 13.1 Å². The highest BCUT2D eigenvalue weighted by atomic mass is 16.5. The fourth-order valence-corrected chi connectivity index (χ4v) is 3.25. The molecule has 1 aromatic carbocycles. The first-order valence-corrected chi connectivity index (χ1v) is 8.90. The van der Waals surface area contributed by atoms with Crippen LogP contribution in [0, 0.1) is 0 Å². The molecule has 0 spiro atoms. The van der Waals surface area contributed by atoms with Crippen LogP contribution in [0.4, 0.5) is 0 Å². The number of aromatic nitrogens is 4. The van der Waals surface area contributed by atoms with Gasteiger partial charge in [-0.15, -0.1) is 0 Å². The number of hydrogen-bond donors (Lipinski definition) is 0. The van der Waals surface area contributed by atoms with Crippen LogP contribution in [0.1, 0.15) is 34.9 Å². The first-order valence-electron chi connectivity index (χ1n) is 8.90. The van der Waals surface area contributed by atoms with Crippen LogP contribution < -0.4 is 4.74 Å². The molecular weight excluding hydrogens is 342 g/mol. The third-order valence-corrected chi connectivity index (χ3v) is 4.53. The van der Waals surface area contributed by atoms with Gasteiger partial charge < -0.3 is 9.64 Å². The highest BCUT2D eigenvalue weighted by molar-refractivity contribution is 5.92. The predicted molar refractivity (Wildman–Crippen MR) is 98.5 cm³/mol. The molecule has 4 rings (SSSR count). The molecule has 7 nitrogen and oxygen atoms in total. The van der Waals surface area contributed by atoms with Gasteiger partial charge in [0.25, 0.3) is 5.91 Å². The van der Waals surface area contributed by atoms with Gasteiger partial charge in [-0.25, -0.2) is 9.97 Å². The molecule has 0 N–H and O–H groups in total. The maximum atomic E-state index is 12.7. The summed E-state index contributed by atoms with van der Waals surface area (Å²) in [6.45, 7) is 1.25. The molecular formula is C20H19N5O2. The van der Waals surface area contributed by atoms with Gasteiger partial charge in [0.1, 0.15) is 17.1 Å². The number of para-hydroxylation sites is 1. The summed E-state index contributed by atoms with van der Waals surface area (Å²) in [7, 11) is 0. The molecule has 1 aliphatic heterocycles. The van der Waals surface area contributed by atoms with Crippen LogP contribution >= 0.6 is 0 Å². The number of nitrogens with zero attached hydrogens (tertiary/aromatic N) is 5. The van der Waals surface area contributed by atoms with E-state index in [1.807, 2.05) is 30.3 Å². The van der Waals surface area contributed by atoms with E-state index in [-0.39, 0.29) is 11.8 Å². The predicted octanol–water partition coefficient (Wildman–Crippen LogP) is 3.08. The van der Waals surface area contributed by atoms with Gasteiger partial charge in [-0.3, -0.25) is 14.8 Å². The van der Waals surface area contributed by atoms with Crippen molar-refractivity contribution in [1.29, 1.82) is 0 Å². The molecule has 27 heavy (non-hydrogen) atoms. The lowest BCUT2D eigenvalue weighted by atomic mass is 9.94. The minimum Gasteiger partial charge on any atom is -0.437 e. The smallest absolute Gasteiger partial charge is 0.274 e. The number of rotatable bonds is 4. The van der Waals surface area contributed by atoms with Gasteiger partial charge in [0.15, 0.2) is 0 Å². The van der Waals surface area contributed by atoms with Crippen molar-refractivity contribution in [3.63, 3.8) is 0 Å². The summed E-state index contributed by atoms with van der Waals surface area (Å²) >= 11 is 0. The Balaban J connectivity index is 1.54. The summed E-state index contributed by atoms with van der Waals surface area (Å²) in [6.07, 6.45) is 9.68. The minimum atomic E-state index is -0.109. The molecule has 3 heterocycles. The van der Waals surface area contributed by atoms with Crippen LogP contribution in [0.3, 0.4) is 0 Å². The van der Waals surface area contributed by atoms with Crippen LogP contribution in [0.15, 0.2) is 61.3 Å². The van der Waals surface area contributed by atoms with E-state index in [4.69, 9.17) is 4.74 Å². The van der Waals surface area contributed by atoms with E-state index in [9.17, 15) is 4.79 Å². The SMILES string of the molecule is O=C(c1cnccn1)N1CCCC(c2nccnc2Oc2ccccc2)C1. The van der Waals surface area contributed by atoms with Gasteiger partial charge in [-0.1, -0.05) is 18.2 Å². The first kappa shape index (κ1) is 17.1. The zero-order valence-corrected chi connectivity index (χ0v) is 14.7.